The lowest BCUT2D eigenvalue weighted by Gasteiger charge is -2.28. The molecule has 2 aromatic rings. The van der Waals surface area contributed by atoms with E-state index in [0.29, 0.717) is 6.54 Å². The second kappa shape index (κ2) is 7.17. The molecule has 0 radical (unpaired) electrons. The molecular weight excluding hydrogens is 246 g/mol. The predicted molar refractivity (Wildman–Crippen MR) is 83.5 cm³/mol. The summed E-state index contributed by atoms with van der Waals surface area (Å²) in [4.78, 5) is 6.39. The highest BCUT2D eigenvalue weighted by Crippen LogP contribution is 2.21. The summed E-state index contributed by atoms with van der Waals surface area (Å²) >= 11 is 0. The van der Waals surface area contributed by atoms with Crippen molar-refractivity contribution in [2.24, 2.45) is 5.73 Å². The summed E-state index contributed by atoms with van der Waals surface area (Å²) in [6.07, 6.45) is 4.70. The first-order chi connectivity index (χ1) is 9.72. The Balaban J connectivity index is 2.03. The topological polar surface area (TPSA) is 42.1 Å². The van der Waals surface area contributed by atoms with E-state index < -0.39 is 0 Å². The average molecular weight is 269 g/mol. The van der Waals surface area contributed by atoms with Gasteiger partial charge in [0.1, 0.15) is 0 Å². The van der Waals surface area contributed by atoms with Crippen LogP contribution >= 0.6 is 0 Å². The van der Waals surface area contributed by atoms with Crippen LogP contribution in [0.1, 0.15) is 22.7 Å². The summed E-state index contributed by atoms with van der Waals surface area (Å²) in [6, 6.07) is 12.9. The van der Waals surface area contributed by atoms with Gasteiger partial charge in [-0.1, -0.05) is 24.3 Å². The maximum Gasteiger partial charge on any atom is 0.0470 e. The molecule has 1 unspecified atom stereocenters. The normalized spacial score (nSPS) is 12.6. The van der Waals surface area contributed by atoms with E-state index in [9.17, 15) is 0 Å². The van der Waals surface area contributed by atoms with Gasteiger partial charge in [-0.15, -0.1) is 0 Å². The lowest BCUT2D eigenvalue weighted by molar-refractivity contribution is 0.252. The highest BCUT2D eigenvalue weighted by atomic mass is 15.1. The summed E-state index contributed by atoms with van der Waals surface area (Å²) in [6.45, 7) is 3.77. The molecular formula is C17H23N3. The molecule has 0 amide bonds. The Morgan fingerprint density at radius 1 is 1.15 bits per heavy atom. The highest BCUT2D eigenvalue weighted by molar-refractivity contribution is 5.29. The molecule has 1 heterocycles. The Labute approximate surface area is 121 Å². The van der Waals surface area contributed by atoms with Crippen LogP contribution in [0.25, 0.3) is 0 Å². The van der Waals surface area contributed by atoms with E-state index in [2.05, 4.69) is 60.3 Å². The van der Waals surface area contributed by atoms with Gasteiger partial charge in [0.15, 0.2) is 0 Å². The van der Waals surface area contributed by atoms with Crippen molar-refractivity contribution in [3.05, 3.63) is 65.5 Å². The molecule has 1 atom stereocenters. The molecule has 1 aromatic heterocycles. The number of rotatable bonds is 6. The van der Waals surface area contributed by atoms with E-state index in [4.69, 9.17) is 5.73 Å². The molecule has 3 heteroatoms. The number of pyridine rings is 1. The second-order valence-corrected chi connectivity index (χ2v) is 5.19. The molecule has 3 nitrogen and oxygen atoms in total. The summed E-state index contributed by atoms with van der Waals surface area (Å²) in [7, 11) is 2.14. The molecule has 20 heavy (non-hydrogen) atoms. The molecule has 0 bridgehead atoms. The molecule has 0 aliphatic carbocycles. The van der Waals surface area contributed by atoms with Crippen molar-refractivity contribution in [1.29, 1.82) is 0 Å². The highest BCUT2D eigenvalue weighted by Gasteiger charge is 2.16. The molecule has 106 valence electrons. The minimum absolute atomic E-state index is 0.276. The fraction of sp³-hybridized carbons (Fsp3) is 0.353. The van der Waals surface area contributed by atoms with Crippen molar-refractivity contribution in [3.63, 3.8) is 0 Å². The predicted octanol–water partition coefficient (Wildman–Crippen LogP) is 2.56. The molecule has 2 N–H and O–H groups in total. The van der Waals surface area contributed by atoms with Crippen LogP contribution in [-0.2, 0) is 6.42 Å². The van der Waals surface area contributed by atoms with Gasteiger partial charge in [-0.2, -0.15) is 0 Å². The Bertz CT molecular complexity index is 525. The molecule has 0 aliphatic rings. The molecule has 0 saturated heterocycles. The number of likely N-dealkylation sites (N-methyl/N-ethyl adjacent to an activating group) is 1. The van der Waals surface area contributed by atoms with E-state index in [1.165, 1.54) is 16.7 Å². The summed E-state index contributed by atoms with van der Waals surface area (Å²) in [5, 5.41) is 0. The number of nitrogens with two attached hydrogens (primary N) is 1. The zero-order valence-corrected chi connectivity index (χ0v) is 12.3. The van der Waals surface area contributed by atoms with Gasteiger partial charge in [0.25, 0.3) is 0 Å². The number of hydrogen-bond donors (Lipinski definition) is 1. The lowest BCUT2D eigenvalue weighted by atomic mass is 10.00. The largest absolute Gasteiger partial charge is 0.329 e. The molecule has 2 rings (SSSR count). The van der Waals surface area contributed by atoms with Gasteiger partial charge >= 0.3 is 0 Å². The molecule has 0 aliphatic heterocycles. The van der Waals surface area contributed by atoms with E-state index in [0.717, 1.165) is 13.0 Å². The Morgan fingerprint density at radius 2 is 1.85 bits per heavy atom. The zero-order chi connectivity index (χ0) is 14.4. The SMILES string of the molecule is Cc1ccccc1C(CN)N(C)CCc1ccncc1. The third kappa shape index (κ3) is 3.65. The Hall–Kier alpha value is -1.71. The fourth-order valence-electron chi connectivity index (χ4n) is 2.52. The smallest absolute Gasteiger partial charge is 0.0470 e. The maximum absolute atomic E-state index is 5.99. The first-order valence-corrected chi connectivity index (χ1v) is 7.07. The van der Waals surface area contributed by atoms with Crippen molar-refractivity contribution in [3.8, 4) is 0 Å². The van der Waals surface area contributed by atoms with Crippen molar-refractivity contribution < 1.29 is 0 Å². The van der Waals surface area contributed by atoms with Crippen LogP contribution < -0.4 is 5.73 Å². The lowest BCUT2D eigenvalue weighted by Crippen LogP contribution is -2.32. The van der Waals surface area contributed by atoms with Crippen molar-refractivity contribution >= 4 is 0 Å². The summed E-state index contributed by atoms with van der Waals surface area (Å²) in [5.41, 5.74) is 9.93. The van der Waals surface area contributed by atoms with Crippen molar-refractivity contribution in [2.45, 2.75) is 19.4 Å². The zero-order valence-electron chi connectivity index (χ0n) is 12.3. The number of aryl methyl sites for hydroxylation is 1. The molecule has 0 fully saturated rings. The van der Waals surface area contributed by atoms with Crippen LogP contribution in [0.2, 0.25) is 0 Å². The summed E-state index contributed by atoms with van der Waals surface area (Å²) in [5.74, 6) is 0. The van der Waals surface area contributed by atoms with Crippen LogP contribution in [0.15, 0.2) is 48.8 Å². The van der Waals surface area contributed by atoms with E-state index in [1.54, 1.807) is 0 Å². The van der Waals surface area contributed by atoms with E-state index in [-0.39, 0.29) is 6.04 Å². The first kappa shape index (κ1) is 14.7. The molecule has 1 aromatic carbocycles. The second-order valence-electron chi connectivity index (χ2n) is 5.19. The van der Waals surface area contributed by atoms with Crippen molar-refractivity contribution in [1.82, 2.24) is 9.88 Å². The third-order valence-corrected chi connectivity index (χ3v) is 3.81. The van der Waals surface area contributed by atoms with Gasteiger partial charge in [0, 0.05) is 31.5 Å². The van der Waals surface area contributed by atoms with Crippen LogP contribution in [-0.4, -0.2) is 30.0 Å². The van der Waals surface area contributed by atoms with Crippen molar-refractivity contribution in [2.75, 3.05) is 20.1 Å². The van der Waals surface area contributed by atoms with Gasteiger partial charge in [0.05, 0.1) is 0 Å². The van der Waals surface area contributed by atoms with Gasteiger partial charge in [-0.3, -0.25) is 9.88 Å². The monoisotopic (exact) mass is 269 g/mol. The number of hydrogen-bond acceptors (Lipinski definition) is 3. The maximum atomic E-state index is 5.99. The standard InChI is InChI=1S/C17H23N3/c1-14-5-3-4-6-16(14)17(13-18)20(2)12-9-15-7-10-19-11-8-15/h3-8,10-11,17H,9,12-13,18H2,1-2H3. The quantitative estimate of drug-likeness (QED) is 0.876. The van der Waals surface area contributed by atoms with Gasteiger partial charge in [-0.25, -0.2) is 0 Å². The van der Waals surface area contributed by atoms with Crippen LogP contribution in [0.5, 0.6) is 0 Å². The molecule has 0 saturated carbocycles. The number of nitrogens with zero attached hydrogens (tertiary/aromatic N) is 2. The van der Waals surface area contributed by atoms with Crippen LogP contribution in [0.4, 0.5) is 0 Å². The van der Waals surface area contributed by atoms with Gasteiger partial charge in [-0.05, 0) is 49.2 Å². The molecule has 0 spiro atoms. The van der Waals surface area contributed by atoms with Gasteiger partial charge in [0.2, 0.25) is 0 Å². The van der Waals surface area contributed by atoms with Crippen LogP contribution in [0.3, 0.4) is 0 Å². The number of benzene rings is 1. The minimum atomic E-state index is 0.276. The fourth-order valence-corrected chi connectivity index (χ4v) is 2.52. The minimum Gasteiger partial charge on any atom is -0.329 e. The summed E-state index contributed by atoms with van der Waals surface area (Å²) < 4.78 is 0. The van der Waals surface area contributed by atoms with E-state index in [1.807, 2.05) is 12.4 Å². The van der Waals surface area contributed by atoms with Gasteiger partial charge < -0.3 is 5.73 Å². The first-order valence-electron chi connectivity index (χ1n) is 7.07. The van der Waals surface area contributed by atoms with Crippen LogP contribution in [0, 0.1) is 6.92 Å². The van der Waals surface area contributed by atoms with E-state index >= 15 is 0 Å². The Morgan fingerprint density at radius 3 is 2.50 bits per heavy atom. The average Bonchev–Trinajstić information content (AvgIpc) is 2.49. The third-order valence-electron chi connectivity index (χ3n) is 3.81. The Kier molecular flexibility index (Phi) is 5.27. The number of aromatic nitrogens is 1.